The first-order valence-electron chi connectivity index (χ1n) is 32.8. The molecule has 2 atom stereocenters. The average Bonchev–Trinajstić information content (AvgIpc) is 3.40. The number of amides is 1. The number of allylic oxidation sites excluding steroid dienone is 13. The fourth-order valence-electron chi connectivity index (χ4n) is 9.91. The van der Waals surface area contributed by atoms with Gasteiger partial charge in [-0.1, -0.05) is 330 Å². The van der Waals surface area contributed by atoms with E-state index in [1.54, 1.807) is 6.08 Å². The molecule has 0 aromatic carbocycles. The van der Waals surface area contributed by atoms with E-state index in [2.05, 4.69) is 92.1 Å². The van der Waals surface area contributed by atoms with Crippen LogP contribution in [0.1, 0.15) is 335 Å². The van der Waals surface area contributed by atoms with Crippen molar-refractivity contribution < 1.29 is 15.0 Å². The molecule has 0 aliphatic rings. The van der Waals surface area contributed by atoms with Gasteiger partial charge in [0.05, 0.1) is 18.8 Å². The van der Waals surface area contributed by atoms with Gasteiger partial charge in [-0.05, 0) is 83.5 Å². The van der Waals surface area contributed by atoms with Gasteiger partial charge in [-0.2, -0.15) is 0 Å². The number of aliphatic hydroxyl groups excluding tert-OH is 2. The zero-order valence-electron chi connectivity index (χ0n) is 49.6. The zero-order valence-corrected chi connectivity index (χ0v) is 49.6. The number of hydrogen-bond acceptors (Lipinski definition) is 3. The van der Waals surface area contributed by atoms with Gasteiger partial charge >= 0.3 is 0 Å². The fourth-order valence-corrected chi connectivity index (χ4v) is 9.91. The Morgan fingerprint density at radius 3 is 0.946 bits per heavy atom. The standard InChI is InChI=1S/C70H127NO3/c1-3-5-7-9-11-13-15-17-19-21-23-25-27-29-30-31-32-33-34-35-36-37-38-39-40-42-44-46-48-50-52-54-56-58-60-62-64-66-70(74)71-68(67-72)69(73)65-63-61-59-57-55-53-51-49-47-45-43-41-28-26-24-22-20-18-16-14-12-10-8-6-4-2/h5,7,11,13,17,19,23,25,47,49,55,57,63,65,68-69,72-73H,3-4,6,8-10,12,14-16,18,20-22,24,26-46,48,50-54,56,58-62,64,66-67H2,1-2H3,(H,71,74)/b7-5-,13-11-,19-17-,25-23-,49-47+,57-55+,65-63+. The molecule has 0 fully saturated rings. The third-order valence-electron chi connectivity index (χ3n) is 14.8. The molecule has 0 heterocycles. The third kappa shape index (κ3) is 60.4. The van der Waals surface area contributed by atoms with Gasteiger partial charge in [0.2, 0.25) is 5.91 Å². The van der Waals surface area contributed by atoms with Crippen LogP contribution in [0, 0.1) is 0 Å². The van der Waals surface area contributed by atoms with E-state index in [4.69, 9.17) is 0 Å². The topological polar surface area (TPSA) is 69.6 Å². The van der Waals surface area contributed by atoms with Crippen LogP contribution in [0.2, 0.25) is 0 Å². The number of carbonyl (C=O) groups is 1. The number of aliphatic hydroxyl groups is 2. The van der Waals surface area contributed by atoms with E-state index in [-0.39, 0.29) is 12.5 Å². The van der Waals surface area contributed by atoms with Crippen LogP contribution in [0.15, 0.2) is 85.1 Å². The summed E-state index contributed by atoms with van der Waals surface area (Å²) in [6.07, 6.45) is 95.1. The molecule has 0 saturated heterocycles. The molecule has 1 amide bonds. The third-order valence-corrected chi connectivity index (χ3v) is 14.8. The van der Waals surface area contributed by atoms with E-state index >= 15 is 0 Å². The minimum Gasteiger partial charge on any atom is -0.394 e. The SMILES string of the molecule is CC/C=C\C/C=C\C/C=C\C/C=C\CCCCCCCCCCCCCCCCCCCCCCCCCCC(=O)NC(CO)C(O)/C=C/CC/C=C/CC/C=C/CCCCCCCCCCCCCCCCC. The van der Waals surface area contributed by atoms with E-state index in [0.29, 0.717) is 6.42 Å². The molecule has 0 aromatic rings. The minimum absolute atomic E-state index is 0.0736. The highest BCUT2D eigenvalue weighted by Crippen LogP contribution is 2.18. The quantitative estimate of drug-likeness (QED) is 0.0420. The van der Waals surface area contributed by atoms with E-state index in [1.807, 2.05) is 6.08 Å². The molecule has 0 aliphatic carbocycles. The van der Waals surface area contributed by atoms with Crippen LogP contribution < -0.4 is 5.32 Å². The van der Waals surface area contributed by atoms with Crippen molar-refractivity contribution in [2.24, 2.45) is 0 Å². The van der Waals surface area contributed by atoms with Crippen molar-refractivity contribution in [1.82, 2.24) is 5.32 Å². The molecule has 3 N–H and O–H groups in total. The largest absolute Gasteiger partial charge is 0.394 e. The van der Waals surface area contributed by atoms with E-state index in [1.165, 1.54) is 250 Å². The lowest BCUT2D eigenvalue weighted by Crippen LogP contribution is -2.45. The van der Waals surface area contributed by atoms with E-state index in [9.17, 15) is 15.0 Å². The second kappa shape index (κ2) is 64.9. The molecule has 0 rings (SSSR count). The molecule has 0 aliphatic heterocycles. The van der Waals surface area contributed by atoms with Crippen LogP contribution in [0.3, 0.4) is 0 Å². The molecule has 2 unspecified atom stereocenters. The van der Waals surface area contributed by atoms with Crippen LogP contribution in [0.5, 0.6) is 0 Å². The normalized spacial score (nSPS) is 13.3. The Hall–Kier alpha value is -2.43. The van der Waals surface area contributed by atoms with E-state index in [0.717, 1.165) is 64.2 Å². The molecule has 4 heteroatoms. The first-order valence-corrected chi connectivity index (χ1v) is 32.8. The summed E-state index contributed by atoms with van der Waals surface area (Å²) in [7, 11) is 0. The lowest BCUT2D eigenvalue weighted by molar-refractivity contribution is -0.123. The molecule has 0 radical (unpaired) electrons. The van der Waals surface area contributed by atoms with Gasteiger partial charge in [0.15, 0.2) is 0 Å². The first kappa shape index (κ1) is 71.6. The van der Waals surface area contributed by atoms with Crippen LogP contribution in [-0.2, 0) is 4.79 Å². The van der Waals surface area contributed by atoms with Gasteiger partial charge < -0.3 is 15.5 Å². The highest BCUT2D eigenvalue weighted by Gasteiger charge is 2.18. The van der Waals surface area contributed by atoms with Gasteiger partial charge in [-0.3, -0.25) is 4.79 Å². The molecule has 0 bridgehead atoms. The zero-order chi connectivity index (χ0) is 53.4. The molecule has 0 spiro atoms. The number of carbonyl (C=O) groups excluding carboxylic acids is 1. The smallest absolute Gasteiger partial charge is 0.220 e. The Bertz CT molecular complexity index is 1310. The second-order valence-corrected chi connectivity index (χ2v) is 22.1. The van der Waals surface area contributed by atoms with Crippen molar-refractivity contribution in [3.8, 4) is 0 Å². The summed E-state index contributed by atoms with van der Waals surface area (Å²) >= 11 is 0. The Morgan fingerprint density at radius 1 is 0.338 bits per heavy atom. The van der Waals surface area contributed by atoms with Crippen LogP contribution >= 0.6 is 0 Å². The highest BCUT2D eigenvalue weighted by atomic mass is 16.3. The molecule has 0 aromatic heterocycles. The molecule has 4 nitrogen and oxygen atoms in total. The summed E-state index contributed by atoms with van der Waals surface area (Å²) in [4.78, 5) is 12.5. The molecular formula is C70H127NO3. The average molecular weight is 1030 g/mol. The Labute approximate surface area is 462 Å². The van der Waals surface area contributed by atoms with E-state index < -0.39 is 12.1 Å². The van der Waals surface area contributed by atoms with Gasteiger partial charge in [0.1, 0.15) is 0 Å². The Kier molecular flexibility index (Phi) is 62.7. The second-order valence-electron chi connectivity index (χ2n) is 22.1. The predicted molar refractivity (Wildman–Crippen MR) is 331 cm³/mol. The lowest BCUT2D eigenvalue weighted by atomic mass is 10.0. The minimum atomic E-state index is -0.873. The van der Waals surface area contributed by atoms with Crippen molar-refractivity contribution >= 4 is 5.91 Å². The monoisotopic (exact) mass is 1030 g/mol. The van der Waals surface area contributed by atoms with Gasteiger partial charge in [0, 0.05) is 6.42 Å². The summed E-state index contributed by atoms with van der Waals surface area (Å²) in [5, 5.41) is 23.2. The van der Waals surface area contributed by atoms with Crippen molar-refractivity contribution in [3.05, 3.63) is 85.1 Å². The summed E-state index contributed by atoms with van der Waals surface area (Å²) in [6, 6.07) is -0.648. The number of hydrogen-bond donors (Lipinski definition) is 3. The Morgan fingerprint density at radius 2 is 0.608 bits per heavy atom. The van der Waals surface area contributed by atoms with Crippen LogP contribution in [-0.4, -0.2) is 34.9 Å². The summed E-state index contributed by atoms with van der Waals surface area (Å²) in [5.74, 6) is -0.0736. The number of unbranched alkanes of at least 4 members (excludes halogenated alkanes) is 41. The van der Waals surface area contributed by atoms with Crippen molar-refractivity contribution in [2.45, 2.75) is 347 Å². The van der Waals surface area contributed by atoms with Crippen LogP contribution in [0.25, 0.3) is 0 Å². The van der Waals surface area contributed by atoms with Crippen molar-refractivity contribution in [2.75, 3.05) is 6.61 Å². The lowest BCUT2D eigenvalue weighted by Gasteiger charge is -2.19. The number of rotatable bonds is 60. The predicted octanol–water partition coefficient (Wildman–Crippen LogP) is 22.3. The maximum absolute atomic E-state index is 12.5. The van der Waals surface area contributed by atoms with Crippen LogP contribution in [0.4, 0.5) is 0 Å². The number of nitrogens with one attached hydrogen (secondary N) is 1. The maximum Gasteiger partial charge on any atom is 0.220 e. The molecule has 430 valence electrons. The highest BCUT2D eigenvalue weighted by molar-refractivity contribution is 5.76. The molecule has 0 saturated carbocycles. The fraction of sp³-hybridized carbons (Fsp3) is 0.786. The first-order chi connectivity index (χ1) is 36.7. The summed E-state index contributed by atoms with van der Waals surface area (Å²) in [6.45, 7) is 4.21. The summed E-state index contributed by atoms with van der Waals surface area (Å²) < 4.78 is 0. The van der Waals surface area contributed by atoms with Gasteiger partial charge in [0.25, 0.3) is 0 Å². The molecule has 74 heavy (non-hydrogen) atoms. The maximum atomic E-state index is 12.5. The van der Waals surface area contributed by atoms with Crippen molar-refractivity contribution in [1.29, 1.82) is 0 Å². The molecular weight excluding hydrogens is 903 g/mol. The van der Waals surface area contributed by atoms with Gasteiger partial charge in [-0.15, -0.1) is 0 Å². The Balaban J connectivity index is 3.48. The van der Waals surface area contributed by atoms with Crippen molar-refractivity contribution in [3.63, 3.8) is 0 Å². The summed E-state index contributed by atoms with van der Waals surface area (Å²) in [5.41, 5.74) is 0. The van der Waals surface area contributed by atoms with Gasteiger partial charge in [-0.25, -0.2) is 0 Å².